The van der Waals surface area contributed by atoms with Gasteiger partial charge in [0.25, 0.3) is 5.91 Å². The Hall–Kier alpha value is -3.99. The van der Waals surface area contributed by atoms with Gasteiger partial charge in [-0.2, -0.15) is 10.2 Å². The molecule has 2 aliphatic heterocycles. The Bertz CT molecular complexity index is 1680. The van der Waals surface area contributed by atoms with Crippen LogP contribution in [0, 0.1) is 23.1 Å². The number of rotatable bonds is 10. The smallest absolute Gasteiger partial charge is 0.254 e. The maximum absolute atomic E-state index is 15.6. The molecule has 3 aromatic rings. The van der Waals surface area contributed by atoms with Crippen molar-refractivity contribution in [2.45, 2.75) is 77.3 Å². The van der Waals surface area contributed by atoms with Gasteiger partial charge in [-0.25, -0.2) is 13.2 Å². The van der Waals surface area contributed by atoms with Gasteiger partial charge in [0.2, 0.25) is 11.8 Å². The lowest BCUT2D eigenvalue weighted by Gasteiger charge is -2.60. The average molecular weight is 662 g/mol. The molecule has 2 aliphatic carbocycles. The summed E-state index contributed by atoms with van der Waals surface area (Å²) >= 11 is 0. The van der Waals surface area contributed by atoms with E-state index in [0.29, 0.717) is 36.6 Å². The van der Waals surface area contributed by atoms with E-state index in [9.17, 15) is 18.4 Å². The maximum Gasteiger partial charge on any atom is 0.254 e. The Morgan fingerprint density at radius 2 is 1.77 bits per heavy atom. The third-order valence-electron chi connectivity index (χ3n) is 10.3. The Morgan fingerprint density at radius 3 is 2.38 bits per heavy atom. The Labute approximate surface area is 279 Å². The second kappa shape index (κ2) is 12.5. The van der Waals surface area contributed by atoms with Gasteiger partial charge in [0.05, 0.1) is 17.0 Å². The maximum atomic E-state index is 15.6. The molecule has 48 heavy (non-hydrogen) atoms. The SMILES string of the molecule is CC(C)c1ccc(-c2ccc(Oc3cc(C(=O)NC4CC5(C4)CN(CC4CC(F)(F)C4)C5)c(F)cc3CN3C[C@@H](C)CC3=O)cc2)nn1. The molecule has 2 saturated carbocycles. The van der Waals surface area contributed by atoms with E-state index in [1.165, 1.54) is 12.1 Å². The summed E-state index contributed by atoms with van der Waals surface area (Å²) in [6, 6.07) is 13.9. The summed E-state index contributed by atoms with van der Waals surface area (Å²) in [4.78, 5) is 29.9. The molecule has 1 spiro atoms. The first kappa shape index (κ1) is 32.6. The van der Waals surface area contributed by atoms with Gasteiger partial charge in [-0.15, -0.1) is 0 Å². The summed E-state index contributed by atoms with van der Waals surface area (Å²) in [6.07, 6.45) is 1.97. The summed E-state index contributed by atoms with van der Waals surface area (Å²) in [5.74, 6) is -2.33. The molecule has 0 radical (unpaired) electrons. The zero-order valence-electron chi connectivity index (χ0n) is 27.6. The molecule has 11 heteroatoms. The van der Waals surface area contributed by atoms with E-state index < -0.39 is 17.6 Å². The van der Waals surface area contributed by atoms with Crippen LogP contribution in [0.2, 0.25) is 0 Å². The minimum absolute atomic E-state index is 0.00345. The predicted octanol–water partition coefficient (Wildman–Crippen LogP) is 6.81. The molecular weight excluding hydrogens is 619 g/mol. The highest BCUT2D eigenvalue weighted by Gasteiger charge is 2.54. The normalized spacial score (nSPS) is 22.0. The third-order valence-corrected chi connectivity index (χ3v) is 10.3. The highest BCUT2D eigenvalue weighted by molar-refractivity contribution is 5.95. The number of alkyl halides is 2. The highest BCUT2D eigenvalue weighted by atomic mass is 19.3. The van der Waals surface area contributed by atoms with Crippen molar-refractivity contribution in [1.82, 2.24) is 25.3 Å². The van der Waals surface area contributed by atoms with Crippen LogP contribution in [0.4, 0.5) is 13.2 Å². The molecule has 2 saturated heterocycles. The van der Waals surface area contributed by atoms with Gasteiger partial charge in [-0.3, -0.25) is 9.59 Å². The molecule has 2 amide bonds. The number of ether oxygens (including phenoxy) is 1. The Morgan fingerprint density at radius 1 is 1.04 bits per heavy atom. The van der Waals surface area contributed by atoms with Crippen molar-refractivity contribution in [2.24, 2.45) is 17.3 Å². The van der Waals surface area contributed by atoms with Crippen LogP contribution in [-0.2, 0) is 11.3 Å². The molecule has 2 aromatic carbocycles. The number of hydrogen-bond acceptors (Lipinski definition) is 6. The van der Waals surface area contributed by atoms with Gasteiger partial charge < -0.3 is 19.9 Å². The molecule has 0 bridgehead atoms. The van der Waals surface area contributed by atoms with Gasteiger partial charge in [-0.1, -0.05) is 20.8 Å². The molecule has 0 unspecified atom stereocenters. The first-order chi connectivity index (χ1) is 22.8. The van der Waals surface area contributed by atoms with Crippen LogP contribution >= 0.6 is 0 Å². The van der Waals surface area contributed by atoms with Crippen molar-refractivity contribution in [3.63, 3.8) is 0 Å². The summed E-state index contributed by atoms with van der Waals surface area (Å²) in [7, 11) is 0. The number of nitrogens with zero attached hydrogens (tertiary/aromatic N) is 4. The highest BCUT2D eigenvalue weighted by Crippen LogP contribution is 2.50. The Kier molecular flexibility index (Phi) is 8.46. The largest absolute Gasteiger partial charge is 0.457 e. The fourth-order valence-electron chi connectivity index (χ4n) is 7.86. The van der Waals surface area contributed by atoms with Crippen LogP contribution in [0.1, 0.15) is 80.4 Å². The van der Waals surface area contributed by atoms with Gasteiger partial charge in [0.1, 0.15) is 17.3 Å². The lowest BCUT2D eigenvalue weighted by atomic mass is 9.60. The number of carbonyl (C=O) groups excluding carboxylic acids is 2. The van der Waals surface area contributed by atoms with E-state index in [0.717, 1.165) is 42.9 Å². The van der Waals surface area contributed by atoms with E-state index >= 15 is 4.39 Å². The van der Waals surface area contributed by atoms with E-state index in [1.807, 2.05) is 31.2 Å². The average Bonchev–Trinajstić information content (AvgIpc) is 3.31. The van der Waals surface area contributed by atoms with Crippen LogP contribution in [0.25, 0.3) is 11.3 Å². The number of nitrogens with one attached hydrogen (secondary N) is 1. The Balaban J connectivity index is 1.03. The third kappa shape index (κ3) is 6.79. The van der Waals surface area contributed by atoms with Gasteiger partial charge in [-0.05, 0) is 84.5 Å². The van der Waals surface area contributed by atoms with Crippen molar-refractivity contribution < 1.29 is 27.5 Å². The standard InChI is InChI=1S/C37H42F3N5O3/c1-22(2)31-8-9-32(43-42-31)25-4-6-28(7-5-25)48-33-12-29(30(38)11-26(33)19-45-17-23(3)10-34(45)46)35(47)41-27-15-36(16-27)20-44(21-36)18-24-13-37(39,40)14-24/h4-9,11-12,22-24,27H,10,13-21H2,1-3H3,(H,41,47)/t23-/m0/s1. The van der Waals surface area contributed by atoms with Gasteiger partial charge >= 0.3 is 0 Å². The summed E-state index contributed by atoms with van der Waals surface area (Å²) < 4.78 is 48.2. The molecule has 8 nitrogen and oxygen atoms in total. The fraction of sp³-hybridized carbons (Fsp3) is 0.514. The monoisotopic (exact) mass is 661 g/mol. The number of aromatic nitrogens is 2. The number of hydrogen-bond donors (Lipinski definition) is 1. The summed E-state index contributed by atoms with van der Waals surface area (Å²) in [5.41, 5.74) is 2.97. The van der Waals surface area contributed by atoms with E-state index in [2.05, 4.69) is 34.3 Å². The molecular formula is C37H42F3N5O3. The van der Waals surface area contributed by atoms with Crippen molar-refractivity contribution in [3.05, 3.63) is 71.2 Å². The van der Waals surface area contributed by atoms with E-state index in [1.54, 1.807) is 17.0 Å². The van der Waals surface area contributed by atoms with Crippen LogP contribution in [0.15, 0.2) is 48.5 Å². The summed E-state index contributed by atoms with van der Waals surface area (Å²) in [5, 5.41) is 11.6. The van der Waals surface area contributed by atoms with Crippen molar-refractivity contribution in [3.8, 4) is 22.8 Å². The van der Waals surface area contributed by atoms with Crippen molar-refractivity contribution in [2.75, 3.05) is 26.2 Å². The molecule has 7 rings (SSSR count). The van der Waals surface area contributed by atoms with Gasteiger partial charge in [0, 0.05) is 69.2 Å². The first-order valence-corrected chi connectivity index (χ1v) is 17.0. The second-order valence-electron chi connectivity index (χ2n) is 15.0. The number of amides is 2. The quantitative estimate of drug-likeness (QED) is 0.257. The molecule has 1 N–H and O–H groups in total. The molecule has 4 fully saturated rings. The molecule has 3 heterocycles. The lowest BCUT2D eigenvalue weighted by molar-refractivity contribution is -0.140. The number of carbonyl (C=O) groups is 2. The number of halogens is 3. The zero-order valence-corrected chi connectivity index (χ0v) is 27.6. The van der Waals surface area contributed by atoms with E-state index in [-0.39, 0.29) is 60.1 Å². The van der Waals surface area contributed by atoms with Crippen LogP contribution < -0.4 is 10.1 Å². The predicted molar refractivity (Wildman–Crippen MR) is 174 cm³/mol. The van der Waals surface area contributed by atoms with Crippen LogP contribution in [-0.4, -0.2) is 70.0 Å². The topological polar surface area (TPSA) is 87.7 Å². The summed E-state index contributed by atoms with van der Waals surface area (Å²) in [6.45, 7) is 9.29. The molecule has 4 aliphatic rings. The van der Waals surface area contributed by atoms with Gasteiger partial charge in [0.15, 0.2) is 0 Å². The number of likely N-dealkylation sites (tertiary alicyclic amines) is 2. The second-order valence-corrected chi connectivity index (χ2v) is 15.0. The molecule has 1 atom stereocenters. The zero-order chi connectivity index (χ0) is 33.8. The lowest BCUT2D eigenvalue weighted by Crippen LogP contribution is -2.67. The van der Waals surface area contributed by atoms with Crippen molar-refractivity contribution in [1.29, 1.82) is 0 Å². The molecule has 1 aromatic heterocycles. The molecule has 254 valence electrons. The van der Waals surface area contributed by atoms with E-state index in [4.69, 9.17) is 4.74 Å². The van der Waals surface area contributed by atoms with Crippen LogP contribution in [0.3, 0.4) is 0 Å². The number of benzene rings is 2. The van der Waals surface area contributed by atoms with Crippen molar-refractivity contribution >= 4 is 11.8 Å². The fourth-order valence-corrected chi connectivity index (χ4v) is 7.86. The first-order valence-electron chi connectivity index (χ1n) is 17.0. The van der Waals surface area contributed by atoms with Crippen LogP contribution in [0.5, 0.6) is 11.5 Å². The minimum Gasteiger partial charge on any atom is -0.457 e. The minimum atomic E-state index is -2.50.